The van der Waals surface area contributed by atoms with Crippen molar-refractivity contribution < 1.29 is 9.53 Å². The molecule has 0 aliphatic heterocycles. The van der Waals surface area contributed by atoms with Crippen LogP contribution in [0.1, 0.15) is 22.8 Å². The molecule has 122 valence electrons. The maximum Gasteiger partial charge on any atom is 0.341 e. The lowest BCUT2D eigenvalue weighted by molar-refractivity contribution is 0.0527. The molecule has 1 heterocycles. The highest BCUT2D eigenvalue weighted by molar-refractivity contribution is 6.31. The van der Waals surface area contributed by atoms with Gasteiger partial charge < -0.3 is 10.1 Å². The fourth-order valence-electron chi connectivity index (χ4n) is 2.52. The predicted octanol–water partition coefficient (Wildman–Crippen LogP) is 5.12. The van der Waals surface area contributed by atoms with E-state index in [1.807, 2.05) is 49.4 Å². The number of fused-ring (bicyclic) bond motifs is 1. The molecular weight excluding hydrogens is 324 g/mol. The number of pyridine rings is 1. The van der Waals surface area contributed by atoms with Crippen LogP contribution in [0.2, 0.25) is 5.02 Å². The van der Waals surface area contributed by atoms with E-state index in [-0.39, 0.29) is 0 Å². The van der Waals surface area contributed by atoms with Gasteiger partial charge in [-0.1, -0.05) is 35.9 Å². The summed E-state index contributed by atoms with van der Waals surface area (Å²) in [6.45, 7) is 4.01. The number of anilines is 2. The molecule has 1 aromatic heterocycles. The number of hydrogen-bond donors (Lipinski definition) is 1. The summed E-state index contributed by atoms with van der Waals surface area (Å²) in [6, 6.07) is 13.3. The van der Waals surface area contributed by atoms with Crippen molar-refractivity contribution in [2.24, 2.45) is 0 Å². The van der Waals surface area contributed by atoms with E-state index in [0.717, 1.165) is 22.2 Å². The summed E-state index contributed by atoms with van der Waals surface area (Å²) in [4.78, 5) is 16.7. The largest absolute Gasteiger partial charge is 0.462 e. The van der Waals surface area contributed by atoms with Gasteiger partial charge in [-0.3, -0.25) is 4.98 Å². The standard InChI is InChI=1S/C19H17ClN2O2/c1-3-24-19(23)14-11-21-17-9-5-4-7-13(17)18(14)22-16-10-6-8-15(20)12(16)2/h4-11H,3H2,1-2H3,(H,21,22). The Morgan fingerprint density at radius 3 is 2.79 bits per heavy atom. The second kappa shape index (κ2) is 6.89. The summed E-state index contributed by atoms with van der Waals surface area (Å²) in [5.74, 6) is -0.405. The van der Waals surface area contributed by atoms with Crippen LogP contribution in [0.25, 0.3) is 10.9 Å². The van der Waals surface area contributed by atoms with Gasteiger partial charge in [-0.05, 0) is 37.6 Å². The van der Waals surface area contributed by atoms with Crippen molar-refractivity contribution in [2.75, 3.05) is 11.9 Å². The average molecular weight is 341 g/mol. The summed E-state index contributed by atoms with van der Waals surface area (Å²) >= 11 is 6.21. The van der Waals surface area contributed by atoms with E-state index < -0.39 is 5.97 Å². The summed E-state index contributed by atoms with van der Waals surface area (Å²) in [6.07, 6.45) is 1.54. The van der Waals surface area contributed by atoms with E-state index in [1.54, 1.807) is 13.1 Å². The van der Waals surface area contributed by atoms with Gasteiger partial charge in [-0.2, -0.15) is 0 Å². The van der Waals surface area contributed by atoms with Crippen LogP contribution in [-0.4, -0.2) is 17.6 Å². The van der Waals surface area contributed by atoms with Gasteiger partial charge in [0.1, 0.15) is 5.56 Å². The number of para-hydroxylation sites is 1. The van der Waals surface area contributed by atoms with Gasteiger partial charge in [0.15, 0.2) is 0 Å². The van der Waals surface area contributed by atoms with E-state index in [9.17, 15) is 4.79 Å². The van der Waals surface area contributed by atoms with Crippen molar-refractivity contribution in [1.29, 1.82) is 0 Å². The zero-order valence-corrected chi connectivity index (χ0v) is 14.2. The molecule has 0 aliphatic carbocycles. The van der Waals surface area contributed by atoms with Gasteiger partial charge in [-0.15, -0.1) is 0 Å². The molecule has 0 aliphatic rings. The van der Waals surface area contributed by atoms with Gasteiger partial charge in [0.2, 0.25) is 0 Å². The average Bonchev–Trinajstić information content (AvgIpc) is 2.59. The molecular formula is C19H17ClN2O2. The number of carbonyl (C=O) groups is 1. The molecule has 0 bridgehead atoms. The second-order valence-corrected chi connectivity index (χ2v) is 5.73. The monoisotopic (exact) mass is 340 g/mol. The Balaban J connectivity index is 2.17. The van der Waals surface area contributed by atoms with Gasteiger partial charge in [0, 0.05) is 22.3 Å². The van der Waals surface area contributed by atoms with Crippen molar-refractivity contribution in [3.63, 3.8) is 0 Å². The zero-order chi connectivity index (χ0) is 17.1. The number of nitrogens with one attached hydrogen (secondary N) is 1. The smallest absolute Gasteiger partial charge is 0.341 e. The van der Waals surface area contributed by atoms with E-state index in [1.165, 1.54) is 0 Å². The summed E-state index contributed by atoms with van der Waals surface area (Å²) < 4.78 is 5.16. The number of halogens is 1. The predicted molar refractivity (Wildman–Crippen MR) is 97.2 cm³/mol. The van der Waals surface area contributed by atoms with Gasteiger partial charge >= 0.3 is 5.97 Å². The molecule has 24 heavy (non-hydrogen) atoms. The highest BCUT2D eigenvalue weighted by Gasteiger charge is 2.17. The molecule has 0 saturated carbocycles. The van der Waals surface area contributed by atoms with Crippen LogP contribution in [0, 0.1) is 6.92 Å². The first-order chi connectivity index (χ1) is 11.6. The number of hydrogen-bond acceptors (Lipinski definition) is 4. The third-order valence-corrected chi connectivity index (χ3v) is 4.21. The van der Waals surface area contributed by atoms with Gasteiger partial charge in [0.25, 0.3) is 0 Å². The number of esters is 1. The lowest BCUT2D eigenvalue weighted by atomic mass is 10.1. The van der Waals surface area contributed by atoms with Crippen LogP contribution in [0.3, 0.4) is 0 Å². The highest BCUT2D eigenvalue weighted by atomic mass is 35.5. The highest BCUT2D eigenvalue weighted by Crippen LogP contribution is 2.32. The SMILES string of the molecule is CCOC(=O)c1cnc2ccccc2c1Nc1cccc(Cl)c1C. The maximum atomic E-state index is 12.3. The van der Waals surface area contributed by atoms with Crippen LogP contribution in [0.4, 0.5) is 11.4 Å². The Bertz CT molecular complexity index is 909. The Morgan fingerprint density at radius 1 is 1.21 bits per heavy atom. The summed E-state index contributed by atoms with van der Waals surface area (Å²) in [5.41, 5.74) is 3.62. The minimum atomic E-state index is -0.405. The van der Waals surface area contributed by atoms with E-state index in [2.05, 4.69) is 10.3 Å². The molecule has 0 atom stereocenters. The van der Waals surface area contributed by atoms with E-state index in [0.29, 0.717) is 22.9 Å². The van der Waals surface area contributed by atoms with Crippen molar-refractivity contribution in [2.45, 2.75) is 13.8 Å². The van der Waals surface area contributed by atoms with Crippen LogP contribution in [-0.2, 0) is 4.74 Å². The Kier molecular flexibility index (Phi) is 4.67. The fraction of sp³-hybridized carbons (Fsp3) is 0.158. The molecule has 0 fully saturated rings. The van der Waals surface area contributed by atoms with Crippen LogP contribution < -0.4 is 5.32 Å². The Labute approximate surface area is 145 Å². The second-order valence-electron chi connectivity index (χ2n) is 5.32. The normalized spacial score (nSPS) is 10.6. The van der Waals surface area contributed by atoms with Crippen LogP contribution >= 0.6 is 11.6 Å². The molecule has 0 amide bonds. The first-order valence-corrected chi connectivity index (χ1v) is 8.06. The fourth-order valence-corrected chi connectivity index (χ4v) is 2.69. The third kappa shape index (κ3) is 3.05. The molecule has 5 heteroatoms. The summed E-state index contributed by atoms with van der Waals surface area (Å²) in [7, 11) is 0. The molecule has 1 N–H and O–H groups in total. The lowest BCUT2D eigenvalue weighted by Gasteiger charge is -2.16. The maximum absolute atomic E-state index is 12.3. The van der Waals surface area contributed by atoms with Crippen LogP contribution in [0.5, 0.6) is 0 Å². The van der Waals surface area contributed by atoms with Crippen LogP contribution in [0.15, 0.2) is 48.7 Å². The molecule has 3 rings (SSSR count). The molecule has 0 saturated heterocycles. The summed E-state index contributed by atoms with van der Waals surface area (Å²) in [5, 5.41) is 4.85. The van der Waals surface area contributed by atoms with E-state index in [4.69, 9.17) is 16.3 Å². The molecule has 0 unspecified atom stereocenters. The molecule has 3 aromatic rings. The minimum Gasteiger partial charge on any atom is -0.462 e. The number of ether oxygens (including phenoxy) is 1. The zero-order valence-electron chi connectivity index (χ0n) is 13.5. The number of carbonyl (C=O) groups excluding carboxylic acids is 1. The van der Waals surface area contributed by atoms with Gasteiger partial charge in [0.05, 0.1) is 17.8 Å². The molecule has 4 nitrogen and oxygen atoms in total. The number of benzene rings is 2. The van der Waals surface area contributed by atoms with E-state index >= 15 is 0 Å². The lowest BCUT2D eigenvalue weighted by Crippen LogP contribution is -2.09. The Morgan fingerprint density at radius 2 is 2.00 bits per heavy atom. The first-order valence-electron chi connectivity index (χ1n) is 7.68. The molecule has 2 aromatic carbocycles. The molecule has 0 radical (unpaired) electrons. The topological polar surface area (TPSA) is 51.2 Å². The quantitative estimate of drug-likeness (QED) is 0.670. The third-order valence-electron chi connectivity index (χ3n) is 3.80. The minimum absolute atomic E-state index is 0.307. The van der Waals surface area contributed by atoms with Crippen molar-refractivity contribution >= 4 is 39.8 Å². The van der Waals surface area contributed by atoms with Crippen molar-refractivity contribution in [1.82, 2.24) is 4.98 Å². The number of rotatable bonds is 4. The number of nitrogens with zero attached hydrogens (tertiary/aromatic N) is 1. The first kappa shape index (κ1) is 16.3. The van der Waals surface area contributed by atoms with Crippen molar-refractivity contribution in [3.8, 4) is 0 Å². The number of aromatic nitrogens is 1. The Hall–Kier alpha value is -2.59. The van der Waals surface area contributed by atoms with Gasteiger partial charge in [-0.25, -0.2) is 4.79 Å². The molecule has 0 spiro atoms. The van der Waals surface area contributed by atoms with Crippen molar-refractivity contribution in [3.05, 3.63) is 64.8 Å².